The highest BCUT2D eigenvalue weighted by Crippen LogP contribution is 2.10. The summed E-state index contributed by atoms with van der Waals surface area (Å²) >= 11 is 5.74. The molecule has 4 nitrogen and oxygen atoms in total. The van der Waals surface area contributed by atoms with E-state index in [2.05, 4.69) is 5.32 Å². The third-order valence-corrected chi connectivity index (χ3v) is 2.74. The predicted molar refractivity (Wildman–Crippen MR) is 69.6 cm³/mol. The highest BCUT2D eigenvalue weighted by Gasteiger charge is 2.18. The molecule has 2 N–H and O–H groups in total. The van der Waals surface area contributed by atoms with Gasteiger partial charge in [0.1, 0.15) is 6.04 Å². The standard InChI is InChI=1S/C13H16ClNO3/c1-2-3-11(13(17)18)15-12(16)8-9-4-6-10(14)7-5-9/h4-7,11H,2-3,8H2,1H3,(H,15,16)(H,17,18). The molecule has 0 saturated carbocycles. The Morgan fingerprint density at radius 1 is 1.33 bits per heavy atom. The molecule has 1 rings (SSSR count). The summed E-state index contributed by atoms with van der Waals surface area (Å²) in [5.41, 5.74) is 0.803. The van der Waals surface area contributed by atoms with E-state index in [4.69, 9.17) is 16.7 Å². The summed E-state index contributed by atoms with van der Waals surface area (Å²) < 4.78 is 0. The molecular weight excluding hydrogens is 254 g/mol. The van der Waals surface area contributed by atoms with Crippen LogP contribution in [0.2, 0.25) is 5.02 Å². The van der Waals surface area contributed by atoms with Crippen LogP contribution in [0.25, 0.3) is 0 Å². The summed E-state index contributed by atoms with van der Waals surface area (Å²) in [6.45, 7) is 1.88. The molecule has 0 bridgehead atoms. The molecule has 1 unspecified atom stereocenters. The largest absolute Gasteiger partial charge is 0.480 e. The molecule has 1 amide bonds. The molecule has 0 fully saturated rings. The summed E-state index contributed by atoms with van der Waals surface area (Å²) in [4.78, 5) is 22.6. The van der Waals surface area contributed by atoms with Gasteiger partial charge in [-0.15, -0.1) is 0 Å². The normalized spacial score (nSPS) is 11.9. The fraction of sp³-hybridized carbons (Fsp3) is 0.385. The molecule has 0 spiro atoms. The summed E-state index contributed by atoms with van der Waals surface area (Å²) in [5, 5.41) is 12.0. The highest BCUT2D eigenvalue weighted by atomic mass is 35.5. The van der Waals surface area contributed by atoms with Crippen molar-refractivity contribution in [3.63, 3.8) is 0 Å². The molecular formula is C13H16ClNO3. The van der Waals surface area contributed by atoms with Gasteiger partial charge in [-0.05, 0) is 24.1 Å². The Kier molecular flexibility index (Phi) is 5.65. The summed E-state index contributed by atoms with van der Waals surface area (Å²) in [5.74, 6) is -1.29. The fourth-order valence-electron chi connectivity index (χ4n) is 1.58. The Morgan fingerprint density at radius 3 is 2.44 bits per heavy atom. The van der Waals surface area contributed by atoms with Crippen LogP contribution in [0.3, 0.4) is 0 Å². The summed E-state index contributed by atoms with van der Waals surface area (Å²) in [7, 11) is 0. The Bertz CT molecular complexity index is 417. The molecule has 1 atom stereocenters. The van der Waals surface area contributed by atoms with Crippen molar-refractivity contribution >= 4 is 23.5 Å². The van der Waals surface area contributed by atoms with Crippen molar-refractivity contribution in [1.82, 2.24) is 5.32 Å². The molecule has 18 heavy (non-hydrogen) atoms. The lowest BCUT2D eigenvalue weighted by molar-refractivity contribution is -0.141. The van der Waals surface area contributed by atoms with Crippen molar-refractivity contribution in [2.24, 2.45) is 0 Å². The van der Waals surface area contributed by atoms with Crippen LogP contribution in [0.1, 0.15) is 25.3 Å². The van der Waals surface area contributed by atoms with Crippen molar-refractivity contribution in [2.45, 2.75) is 32.2 Å². The van der Waals surface area contributed by atoms with E-state index in [1.165, 1.54) is 0 Å². The van der Waals surface area contributed by atoms with E-state index in [1.54, 1.807) is 24.3 Å². The number of carbonyl (C=O) groups excluding carboxylic acids is 1. The first kappa shape index (κ1) is 14.5. The van der Waals surface area contributed by atoms with Crippen LogP contribution in [0.4, 0.5) is 0 Å². The smallest absolute Gasteiger partial charge is 0.326 e. The average Bonchev–Trinajstić information content (AvgIpc) is 2.31. The van der Waals surface area contributed by atoms with Gasteiger partial charge in [-0.3, -0.25) is 4.79 Å². The molecule has 0 aliphatic rings. The van der Waals surface area contributed by atoms with Gasteiger partial charge < -0.3 is 10.4 Å². The molecule has 0 radical (unpaired) electrons. The molecule has 5 heteroatoms. The number of amides is 1. The first-order valence-electron chi connectivity index (χ1n) is 5.79. The van der Waals surface area contributed by atoms with Crippen LogP contribution in [0, 0.1) is 0 Å². The zero-order valence-corrected chi connectivity index (χ0v) is 10.9. The Labute approximate surface area is 111 Å². The van der Waals surface area contributed by atoms with Crippen LogP contribution in [-0.4, -0.2) is 23.0 Å². The number of hydrogen-bond donors (Lipinski definition) is 2. The number of carboxylic acids is 1. The van der Waals surface area contributed by atoms with Crippen molar-refractivity contribution in [1.29, 1.82) is 0 Å². The first-order chi connectivity index (χ1) is 8.52. The average molecular weight is 270 g/mol. The van der Waals surface area contributed by atoms with E-state index in [1.807, 2.05) is 6.92 Å². The second kappa shape index (κ2) is 7.01. The minimum atomic E-state index is -0.999. The second-order valence-corrected chi connectivity index (χ2v) is 4.49. The van der Waals surface area contributed by atoms with Gasteiger partial charge in [0.05, 0.1) is 6.42 Å². The van der Waals surface area contributed by atoms with E-state index in [0.29, 0.717) is 17.9 Å². The van der Waals surface area contributed by atoms with Gasteiger partial charge in [0, 0.05) is 5.02 Å². The zero-order chi connectivity index (χ0) is 13.5. The maximum absolute atomic E-state index is 11.7. The van der Waals surface area contributed by atoms with Crippen LogP contribution < -0.4 is 5.32 Å². The van der Waals surface area contributed by atoms with E-state index < -0.39 is 12.0 Å². The lowest BCUT2D eigenvalue weighted by atomic mass is 10.1. The van der Waals surface area contributed by atoms with E-state index >= 15 is 0 Å². The number of carboxylic acid groups (broad SMARTS) is 1. The lowest BCUT2D eigenvalue weighted by Crippen LogP contribution is -2.41. The first-order valence-corrected chi connectivity index (χ1v) is 6.17. The number of carbonyl (C=O) groups is 2. The van der Waals surface area contributed by atoms with Gasteiger partial charge in [0.25, 0.3) is 0 Å². The Balaban J connectivity index is 2.54. The SMILES string of the molecule is CCCC(NC(=O)Cc1ccc(Cl)cc1)C(=O)O. The quantitative estimate of drug-likeness (QED) is 0.832. The van der Waals surface area contributed by atoms with Gasteiger partial charge in [-0.2, -0.15) is 0 Å². The van der Waals surface area contributed by atoms with Crippen molar-refractivity contribution < 1.29 is 14.7 Å². The monoisotopic (exact) mass is 269 g/mol. The predicted octanol–water partition coefficient (Wildman–Crippen LogP) is 2.25. The fourth-order valence-corrected chi connectivity index (χ4v) is 1.71. The number of aliphatic carboxylic acids is 1. The molecule has 0 aliphatic carbocycles. The minimum Gasteiger partial charge on any atom is -0.480 e. The third kappa shape index (κ3) is 4.75. The van der Waals surface area contributed by atoms with Crippen molar-refractivity contribution in [3.8, 4) is 0 Å². The van der Waals surface area contributed by atoms with Crippen molar-refractivity contribution in [2.75, 3.05) is 0 Å². The second-order valence-electron chi connectivity index (χ2n) is 4.05. The number of benzene rings is 1. The topological polar surface area (TPSA) is 66.4 Å². The molecule has 1 aromatic rings. The van der Waals surface area contributed by atoms with Gasteiger partial charge in [-0.25, -0.2) is 4.79 Å². The highest BCUT2D eigenvalue weighted by molar-refractivity contribution is 6.30. The molecule has 0 saturated heterocycles. The summed E-state index contributed by atoms with van der Waals surface area (Å²) in [6.07, 6.45) is 1.30. The molecule has 0 heterocycles. The molecule has 1 aromatic carbocycles. The third-order valence-electron chi connectivity index (χ3n) is 2.49. The maximum Gasteiger partial charge on any atom is 0.326 e. The number of rotatable bonds is 6. The molecule has 98 valence electrons. The Morgan fingerprint density at radius 2 is 1.94 bits per heavy atom. The van der Waals surface area contributed by atoms with Gasteiger partial charge in [0.2, 0.25) is 5.91 Å². The van der Waals surface area contributed by atoms with E-state index in [0.717, 1.165) is 5.56 Å². The minimum absolute atomic E-state index is 0.157. The van der Waals surface area contributed by atoms with Gasteiger partial charge in [-0.1, -0.05) is 37.1 Å². The van der Waals surface area contributed by atoms with E-state index in [9.17, 15) is 9.59 Å². The number of nitrogens with one attached hydrogen (secondary N) is 1. The molecule has 0 aromatic heterocycles. The lowest BCUT2D eigenvalue weighted by Gasteiger charge is -2.13. The van der Waals surface area contributed by atoms with Crippen LogP contribution in [0.5, 0.6) is 0 Å². The van der Waals surface area contributed by atoms with Gasteiger partial charge in [0.15, 0.2) is 0 Å². The Hall–Kier alpha value is -1.55. The maximum atomic E-state index is 11.7. The van der Waals surface area contributed by atoms with Gasteiger partial charge >= 0.3 is 5.97 Å². The molecule has 0 aliphatic heterocycles. The van der Waals surface area contributed by atoms with Crippen LogP contribution in [-0.2, 0) is 16.0 Å². The van der Waals surface area contributed by atoms with E-state index in [-0.39, 0.29) is 12.3 Å². The number of hydrogen-bond acceptors (Lipinski definition) is 2. The van der Waals surface area contributed by atoms with Crippen LogP contribution in [0.15, 0.2) is 24.3 Å². The zero-order valence-electron chi connectivity index (χ0n) is 10.1. The number of halogens is 1. The summed E-state index contributed by atoms with van der Waals surface area (Å²) in [6, 6.07) is 6.08. The van der Waals surface area contributed by atoms with Crippen LogP contribution >= 0.6 is 11.6 Å². The van der Waals surface area contributed by atoms with Crippen molar-refractivity contribution in [3.05, 3.63) is 34.9 Å².